The van der Waals surface area contributed by atoms with Crippen LogP contribution < -0.4 is 4.90 Å². The van der Waals surface area contributed by atoms with Gasteiger partial charge in [-0.2, -0.15) is 9.40 Å². The van der Waals surface area contributed by atoms with E-state index in [1.54, 1.807) is 28.3 Å². The molecule has 0 aliphatic carbocycles. The van der Waals surface area contributed by atoms with E-state index in [0.717, 1.165) is 5.69 Å². The number of carbonyl (C=O) groups is 2. The van der Waals surface area contributed by atoms with Gasteiger partial charge in [-0.1, -0.05) is 18.2 Å². The van der Waals surface area contributed by atoms with Gasteiger partial charge in [0, 0.05) is 51.4 Å². The molecule has 1 aromatic carbocycles. The van der Waals surface area contributed by atoms with Gasteiger partial charge in [-0.05, 0) is 32.9 Å². The average Bonchev–Trinajstić information content (AvgIpc) is 3.32. The van der Waals surface area contributed by atoms with Gasteiger partial charge in [-0.3, -0.25) is 14.3 Å². The van der Waals surface area contributed by atoms with Crippen LogP contribution in [0.2, 0.25) is 0 Å². The van der Waals surface area contributed by atoms with E-state index in [1.165, 1.54) is 4.31 Å². The summed E-state index contributed by atoms with van der Waals surface area (Å²) >= 11 is 0. The Balaban J connectivity index is 1.41. The van der Waals surface area contributed by atoms with Crippen molar-refractivity contribution in [3.63, 3.8) is 0 Å². The monoisotopic (exact) mass is 459 g/mol. The molecule has 0 bridgehead atoms. The van der Waals surface area contributed by atoms with Gasteiger partial charge in [0.25, 0.3) is 0 Å². The number of piperazine rings is 1. The van der Waals surface area contributed by atoms with Crippen molar-refractivity contribution in [2.45, 2.75) is 38.6 Å². The van der Waals surface area contributed by atoms with Crippen LogP contribution in [-0.4, -0.2) is 71.9 Å². The zero-order valence-corrected chi connectivity index (χ0v) is 19.5. The second-order valence-electron chi connectivity index (χ2n) is 8.29. The van der Waals surface area contributed by atoms with Crippen LogP contribution in [0.4, 0.5) is 5.69 Å². The third-order valence-electron chi connectivity index (χ3n) is 6.30. The lowest BCUT2D eigenvalue weighted by molar-refractivity contribution is -0.136. The summed E-state index contributed by atoms with van der Waals surface area (Å²) in [6.45, 7) is 7.45. The number of rotatable bonds is 5. The Labute approximate surface area is 188 Å². The van der Waals surface area contributed by atoms with Crippen molar-refractivity contribution in [3.05, 3.63) is 41.7 Å². The summed E-state index contributed by atoms with van der Waals surface area (Å²) in [5.74, 6) is -0.548. The van der Waals surface area contributed by atoms with E-state index < -0.39 is 15.9 Å². The number of benzene rings is 1. The van der Waals surface area contributed by atoms with E-state index in [2.05, 4.69) is 5.10 Å². The number of para-hydroxylation sites is 1. The Hall–Kier alpha value is -2.72. The number of nitrogens with zero attached hydrogens (tertiary/aromatic N) is 5. The molecule has 2 aliphatic heterocycles. The molecule has 0 saturated carbocycles. The molecule has 32 heavy (non-hydrogen) atoms. The number of aryl methyl sites for hydroxylation is 2. The summed E-state index contributed by atoms with van der Waals surface area (Å²) in [6, 6.07) is 9.34. The fraction of sp³-hybridized carbons (Fsp3) is 0.500. The molecule has 0 unspecified atom stereocenters. The number of anilines is 1. The molecular formula is C22H29N5O4S. The Kier molecular flexibility index (Phi) is 6.09. The highest BCUT2D eigenvalue weighted by molar-refractivity contribution is 7.89. The number of sulfonamides is 1. The molecule has 9 nitrogen and oxygen atoms in total. The van der Waals surface area contributed by atoms with Crippen LogP contribution >= 0.6 is 0 Å². The van der Waals surface area contributed by atoms with E-state index in [-0.39, 0.29) is 36.2 Å². The van der Waals surface area contributed by atoms with E-state index in [1.807, 2.05) is 37.3 Å². The predicted octanol–water partition coefficient (Wildman–Crippen LogP) is 1.41. The van der Waals surface area contributed by atoms with Crippen LogP contribution in [0, 0.1) is 19.8 Å². The van der Waals surface area contributed by atoms with Gasteiger partial charge in [0.1, 0.15) is 4.90 Å². The zero-order valence-electron chi connectivity index (χ0n) is 18.7. The normalized spacial score (nSPS) is 20.2. The smallest absolute Gasteiger partial charge is 0.246 e. The molecule has 2 amide bonds. The van der Waals surface area contributed by atoms with E-state index in [4.69, 9.17) is 0 Å². The van der Waals surface area contributed by atoms with Crippen molar-refractivity contribution in [2.75, 3.05) is 37.6 Å². The van der Waals surface area contributed by atoms with Crippen molar-refractivity contribution < 1.29 is 18.0 Å². The second kappa shape index (κ2) is 8.67. The molecule has 4 rings (SSSR count). The Morgan fingerprint density at radius 3 is 2.34 bits per heavy atom. The zero-order chi connectivity index (χ0) is 23.0. The van der Waals surface area contributed by atoms with Gasteiger partial charge < -0.3 is 9.80 Å². The minimum absolute atomic E-state index is 0.0605. The molecule has 0 N–H and O–H groups in total. The molecule has 0 spiro atoms. The van der Waals surface area contributed by atoms with E-state index in [9.17, 15) is 18.0 Å². The van der Waals surface area contributed by atoms with Crippen LogP contribution in [0.15, 0.2) is 35.2 Å². The Morgan fingerprint density at radius 1 is 1.09 bits per heavy atom. The lowest BCUT2D eigenvalue weighted by Gasteiger charge is -2.35. The first-order valence-corrected chi connectivity index (χ1v) is 12.4. The third-order valence-corrected chi connectivity index (χ3v) is 8.46. The fourth-order valence-corrected chi connectivity index (χ4v) is 6.42. The Bertz CT molecular complexity index is 1120. The van der Waals surface area contributed by atoms with E-state index in [0.29, 0.717) is 37.6 Å². The van der Waals surface area contributed by atoms with Crippen molar-refractivity contribution in [1.29, 1.82) is 0 Å². The summed E-state index contributed by atoms with van der Waals surface area (Å²) in [4.78, 5) is 29.1. The van der Waals surface area contributed by atoms with Gasteiger partial charge in [0.2, 0.25) is 21.8 Å². The first-order valence-electron chi connectivity index (χ1n) is 10.9. The quantitative estimate of drug-likeness (QED) is 0.674. The summed E-state index contributed by atoms with van der Waals surface area (Å²) in [7, 11) is -3.68. The maximum absolute atomic E-state index is 13.3. The van der Waals surface area contributed by atoms with Gasteiger partial charge in [-0.25, -0.2) is 8.42 Å². The second-order valence-corrected chi connectivity index (χ2v) is 10.2. The number of hydrogen-bond donors (Lipinski definition) is 0. The van der Waals surface area contributed by atoms with Crippen LogP contribution in [-0.2, 0) is 26.2 Å². The molecule has 2 fully saturated rings. The van der Waals surface area contributed by atoms with Crippen LogP contribution in [0.3, 0.4) is 0 Å². The predicted molar refractivity (Wildman–Crippen MR) is 120 cm³/mol. The van der Waals surface area contributed by atoms with Crippen LogP contribution in [0.1, 0.15) is 24.7 Å². The fourth-order valence-electron chi connectivity index (χ4n) is 4.63. The Morgan fingerprint density at radius 2 is 1.75 bits per heavy atom. The minimum Gasteiger partial charge on any atom is -0.340 e. The topological polar surface area (TPSA) is 95.8 Å². The minimum atomic E-state index is -3.68. The van der Waals surface area contributed by atoms with Crippen molar-refractivity contribution >= 4 is 27.5 Å². The summed E-state index contributed by atoms with van der Waals surface area (Å²) in [6.07, 6.45) is 0.181. The summed E-state index contributed by atoms with van der Waals surface area (Å²) in [5, 5.41) is 4.33. The highest BCUT2D eigenvalue weighted by Gasteiger charge is 2.39. The maximum Gasteiger partial charge on any atom is 0.246 e. The molecule has 0 radical (unpaired) electrons. The van der Waals surface area contributed by atoms with Crippen LogP contribution in [0.5, 0.6) is 0 Å². The maximum atomic E-state index is 13.3. The molecule has 172 valence electrons. The first kappa shape index (κ1) is 22.5. The molecule has 1 aromatic heterocycles. The van der Waals surface area contributed by atoms with Gasteiger partial charge in [0.05, 0.1) is 17.3 Å². The van der Waals surface area contributed by atoms with Crippen molar-refractivity contribution in [1.82, 2.24) is 19.0 Å². The molecule has 3 heterocycles. The number of hydrogen-bond acceptors (Lipinski definition) is 5. The number of carbonyl (C=O) groups excluding carboxylic acids is 2. The number of aromatic nitrogens is 2. The third kappa shape index (κ3) is 3.93. The molecule has 2 saturated heterocycles. The standard InChI is InChI=1S/C22H29N5O4S/c1-4-27-17(3)21(16(2)23-27)32(30,31)25-12-10-24(11-13-25)22(29)18-14-20(28)26(15-18)19-8-6-5-7-9-19/h5-9,18H,4,10-15H2,1-3H3/t18-/m1/s1. The first-order chi connectivity index (χ1) is 15.2. The lowest BCUT2D eigenvalue weighted by atomic mass is 10.1. The summed E-state index contributed by atoms with van der Waals surface area (Å²) in [5.41, 5.74) is 1.92. The lowest BCUT2D eigenvalue weighted by Crippen LogP contribution is -2.52. The molecule has 2 aromatic rings. The molecular weight excluding hydrogens is 430 g/mol. The average molecular weight is 460 g/mol. The molecule has 1 atom stereocenters. The van der Waals surface area contributed by atoms with Gasteiger partial charge in [0.15, 0.2) is 0 Å². The molecule has 10 heteroatoms. The van der Waals surface area contributed by atoms with Crippen molar-refractivity contribution in [3.8, 4) is 0 Å². The van der Waals surface area contributed by atoms with Gasteiger partial charge >= 0.3 is 0 Å². The highest BCUT2D eigenvalue weighted by Crippen LogP contribution is 2.28. The number of amides is 2. The molecule has 2 aliphatic rings. The van der Waals surface area contributed by atoms with Gasteiger partial charge in [-0.15, -0.1) is 0 Å². The highest BCUT2D eigenvalue weighted by atomic mass is 32.2. The van der Waals surface area contributed by atoms with Crippen molar-refractivity contribution in [2.24, 2.45) is 5.92 Å². The largest absolute Gasteiger partial charge is 0.340 e. The van der Waals surface area contributed by atoms with Crippen LogP contribution in [0.25, 0.3) is 0 Å². The summed E-state index contributed by atoms with van der Waals surface area (Å²) < 4.78 is 29.6. The van der Waals surface area contributed by atoms with E-state index >= 15 is 0 Å². The SMILES string of the molecule is CCn1nc(C)c(S(=O)(=O)N2CCN(C(=O)[C@@H]3CC(=O)N(c4ccccc4)C3)CC2)c1C.